The second-order valence-electron chi connectivity index (χ2n) is 6.41. The van der Waals surface area contributed by atoms with Crippen LogP contribution in [-0.2, 0) is 4.79 Å². The summed E-state index contributed by atoms with van der Waals surface area (Å²) in [7, 11) is 0. The molecule has 2 aromatic heterocycles. The normalized spacial score (nSPS) is 18.8. The number of hydrogen-bond acceptors (Lipinski definition) is 6. The summed E-state index contributed by atoms with van der Waals surface area (Å²) >= 11 is 1.69. The second-order valence-corrected chi connectivity index (χ2v) is 7.24. The molecule has 0 unspecified atom stereocenters. The van der Waals surface area contributed by atoms with Gasteiger partial charge in [0.2, 0.25) is 5.91 Å². The molecule has 24 heavy (non-hydrogen) atoms. The Hall–Kier alpha value is -1.93. The van der Waals surface area contributed by atoms with Crippen molar-refractivity contribution in [3.05, 3.63) is 22.5 Å². The first kappa shape index (κ1) is 16.9. The summed E-state index contributed by atoms with van der Waals surface area (Å²) in [4.78, 5) is 21.4. The molecule has 8 heteroatoms. The summed E-state index contributed by atoms with van der Waals surface area (Å²) in [6.45, 7) is 11.0. The molecule has 130 valence electrons. The average Bonchev–Trinajstić information content (AvgIpc) is 3.08. The summed E-state index contributed by atoms with van der Waals surface area (Å²) < 4.78 is 0. The number of nitrogens with one attached hydrogen (secondary N) is 2. The van der Waals surface area contributed by atoms with Gasteiger partial charge < -0.3 is 10.2 Å². The number of aromatic amines is 1. The van der Waals surface area contributed by atoms with E-state index in [9.17, 15) is 4.79 Å². The second kappa shape index (κ2) is 6.90. The molecule has 1 fully saturated rings. The van der Waals surface area contributed by atoms with Gasteiger partial charge >= 0.3 is 0 Å². The number of piperazine rings is 1. The molecule has 1 aliphatic heterocycles. The Morgan fingerprint density at radius 1 is 1.42 bits per heavy atom. The summed E-state index contributed by atoms with van der Waals surface area (Å²) in [5, 5.41) is 13.1. The zero-order chi connectivity index (χ0) is 17.3. The highest BCUT2D eigenvalue weighted by atomic mass is 32.1. The standard InChI is InChI=1S/C16H24N6OS/c1-10-9-24-16(17-10)22-6-5-21(7-11(22)2)8-14(23)18-15-12(3)19-20-13(15)4/h9,11H,5-8H2,1-4H3,(H,18,23)(H,19,20)/t11-/m1/s1. The van der Waals surface area contributed by atoms with E-state index in [1.807, 2.05) is 20.8 Å². The molecular formula is C16H24N6OS. The fraction of sp³-hybridized carbons (Fsp3) is 0.562. The predicted molar refractivity (Wildman–Crippen MR) is 96.8 cm³/mol. The molecule has 3 rings (SSSR count). The Kier molecular flexibility index (Phi) is 4.86. The van der Waals surface area contributed by atoms with Crippen LogP contribution in [0.5, 0.6) is 0 Å². The molecule has 0 aromatic carbocycles. The topological polar surface area (TPSA) is 77.1 Å². The lowest BCUT2D eigenvalue weighted by atomic mass is 10.2. The summed E-state index contributed by atoms with van der Waals surface area (Å²) in [6.07, 6.45) is 0. The first-order valence-electron chi connectivity index (χ1n) is 8.16. The summed E-state index contributed by atoms with van der Waals surface area (Å²) in [6, 6.07) is 0.342. The minimum atomic E-state index is 0.00773. The number of amides is 1. The highest BCUT2D eigenvalue weighted by Crippen LogP contribution is 2.24. The van der Waals surface area contributed by atoms with Gasteiger partial charge in [0.25, 0.3) is 0 Å². The van der Waals surface area contributed by atoms with E-state index >= 15 is 0 Å². The fourth-order valence-electron chi connectivity index (χ4n) is 3.05. The van der Waals surface area contributed by atoms with Crippen LogP contribution in [0.3, 0.4) is 0 Å². The van der Waals surface area contributed by atoms with E-state index in [1.54, 1.807) is 11.3 Å². The van der Waals surface area contributed by atoms with Gasteiger partial charge in [-0.15, -0.1) is 11.3 Å². The Labute approximate surface area is 146 Å². The first-order chi connectivity index (χ1) is 11.4. The third kappa shape index (κ3) is 3.59. The Morgan fingerprint density at radius 2 is 2.21 bits per heavy atom. The van der Waals surface area contributed by atoms with Gasteiger partial charge in [0.05, 0.1) is 29.3 Å². The van der Waals surface area contributed by atoms with Crippen molar-refractivity contribution in [2.75, 3.05) is 36.4 Å². The molecule has 0 bridgehead atoms. The quantitative estimate of drug-likeness (QED) is 0.883. The number of carbonyl (C=O) groups excluding carboxylic acids is 1. The van der Waals surface area contributed by atoms with Crippen molar-refractivity contribution in [3.8, 4) is 0 Å². The molecule has 0 spiro atoms. The molecule has 7 nitrogen and oxygen atoms in total. The van der Waals surface area contributed by atoms with Crippen LogP contribution in [0.25, 0.3) is 0 Å². The highest BCUT2D eigenvalue weighted by Gasteiger charge is 2.26. The first-order valence-corrected chi connectivity index (χ1v) is 9.04. The van der Waals surface area contributed by atoms with E-state index in [-0.39, 0.29) is 5.91 Å². The van der Waals surface area contributed by atoms with Gasteiger partial charge in [-0.25, -0.2) is 4.98 Å². The average molecular weight is 348 g/mol. The number of thiazole rings is 1. The van der Waals surface area contributed by atoms with E-state index in [1.165, 1.54) is 0 Å². The zero-order valence-corrected chi connectivity index (χ0v) is 15.4. The summed E-state index contributed by atoms with van der Waals surface area (Å²) in [5.74, 6) is 0.00773. The molecule has 0 aliphatic carbocycles. The Bertz CT molecular complexity index is 704. The van der Waals surface area contributed by atoms with Crippen LogP contribution in [0.4, 0.5) is 10.8 Å². The van der Waals surface area contributed by atoms with Gasteiger partial charge in [-0.1, -0.05) is 0 Å². The largest absolute Gasteiger partial charge is 0.343 e. The lowest BCUT2D eigenvalue weighted by Gasteiger charge is -2.39. The molecule has 1 amide bonds. The number of aromatic nitrogens is 3. The monoisotopic (exact) mass is 348 g/mol. The van der Waals surface area contributed by atoms with Crippen LogP contribution in [0, 0.1) is 20.8 Å². The van der Waals surface area contributed by atoms with Crippen molar-refractivity contribution in [1.29, 1.82) is 0 Å². The van der Waals surface area contributed by atoms with Gasteiger partial charge in [-0.05, 0) is 27.7 Å². The Balaban J connectivity index is 1.55. The van der Waals surface area contributed by atoms with Crippen molar-refractivity contribution in [2.24, 2.45) is 0 Å². The lowest BCUT2D eigenvalue weighted by Crippen LogP contribution is -2.53. The molecule has 1 atom stereocenters. The fourth-order valence-corrected chi connectivity index (χ4v) is 3.98. The minimum absolute atomic E-state index is 0.00773. The number of hydrogen-bond donors (Lipinski definition) is 2. The molecule has 0 radical (unpaired) electrons. The van der Waals surface area contributed by atoms with Crippen molar-refractivity contribution in [1.82, 2.24) is 20.1 Å². The lowest BCUT2D eigenvalue weighted by molar-refractivity contribution is -0.117. The third-order valence-electron chi connectivity index (χ3n) is 4.32. The van der Waals surface area contributed by atoms with Gasteiger partial charge in [0.15, 0.2) is 5.13 Å². The number of carbonyl (C=O) groups is 1. The molecule has 2 N–H and O–H groups in total. The maximum Gasteiger partial charge on any atom is 0.238 e. The number of anilines is 2. The van der Waals surface area contributed by atoms with Crippen LogP contribution in [0.2, 0.25) is 0 Å². The molecular weight excluding hydrogens is 324 g/mol. The minimum Gasteiger partial charge on any atom is -0.343 e. The molecule has 3 heterocycles. The number of H-pyrrole nitrogens is 1. The third-order valence-corrected chi connectivity index (χ3v) is 5.32. The van der Waals surface area contributed by atoms with Crippen LogP contribution in [-0.4, -0.2) is 58.2 Å². The maximum atomic E-state index is 12.3. The smallest absolute Gasteiger partial charge is 0.238 e. The predicted octanol–water partition coefficient (Wildman–Crippen LogP) is 1.94. The highest BCUT2D eigenvalue weighted by molar-refractivity contribution is 7.13. The van der Waals surface area contributed by atoms with E-state index in [4.69, 9.17) is 0 Å². The summed E-state index contributed by atoms with van der Waals surface area (Å²) in [5.41, 5.74) is 3.57. The van der Waals surface area contributed by atoms with Gasteiger partial charge in [0, 0.05) is 31.1 Å². The molecule has 1 saturated heterocycles. The van der Waals surface area contributed by atoms with Crippen LogP contribution in [0.1, 0.15) is 24.0 Å². The van der Waals surface area contributed by atoms with Gasteiger partial charge in [-0.3, -0.25) is 14.8 Å². The van der Waals surface area contributed by atoms with Crippen molar-refractivity contribution < 1.29 is 4.79 Å². The van der Waals surface area contributed by atoms with Crippen molar-refractivity contribution in [3.63, 3.8) is 0 Å². The van der Waals surface area contributed by atoms with E-state index in [2.05, 4.69) is 42.6 Å². The zero-order valence-electron chi connectivity index (χ0n) is 14.6. The van der Waals surface area contributed by atoms with Crippen molar-refractivity contribution >= 4 is 28.1 Å². The van der Waals surface area contributed by atoms with Gasteiger partial charge in [0.1, 0.15) is 0 Å². The number of rotatable bonds is 4. The molecule has 1 aliphatic rings. The molecule has 0 saturated carbocycles. The maximum absolute atomic E-state index is 12.3. The van der Waals surface area contributed by atoms with Crippen LogP contribution >= 0.6 is 11.3 Å². The number of aryl methyl sites for hydroxylation is 3. The van der Waals surface area contributed by atoms with Crippen molar-refractivity contribution in [2.45, 2.75) is 33.7 Å². The van der Waals surface area contributed by atoms with Crippen LogP contribution < -0.4 is 10.2 Å². The SMILES string of the molecule is Cc1csc(N2CCN(CC(=O)Nc3c(C)n[nH]c3C)C[C@H]2C)n1. The van der Waals surface area contributed by atoms with E-state index in [0.717, 1.165) is 47.5 Å². The van der Waals surface area contributed by atoms with Gasteiger partial charge in [-0.2, -0.15) is 5.10 Å². The molecule has 2 aromatic rings. The number of nitrogens with zero attached hydrogens (tertiary/aromatic N) is 4. The van der Waals surface area contributed by atoms with E-state index in [0.29, 0.717) is 12.6 Å². The van der Waals surface area contributed by atoms with Crippen LogP contribution in [0.15, 0.2) is 5.38 Å². The van der Waals surface area contributed by atoms with E-state index < -0.39 is 0 Å². The Morgan fingerprint density at radius 3 is 2.79 bits per heavy atom.